The van der Waals surface area contributed by atoms with Crippen LogP contribution in [0, 0.1) is 12.8 Å². The number of hydrogen-bond donors (Lipinski definition) is 2. The van der Waals surface area contributed by atoms with Gasteiger partial charge in [0.15, 0.2) is 0 Å². The smallest absolute Gasteiger partial charge is 0.328 e. The molecule has 0 radical (unpaired) electrons. The van der Waals surface area contributed by atoms with Crippen molar-refractivity contribution >= 4 is 10.0 Å². The highest BCUT2D eigenvalue weighted by Gasteiger charge is 2.35. The molecule has 0 unspecified atom stereocenters. The van der Waals surface area contributed by atoms with Crippen LogP contribution in [0.25, 0.3) is 0 Å². The highest BCUT2D eigenvalue weighted by atomic mass is 32.2. The molecule has 118 valence electrons. The number of halogens is 3. The Morgan fingerprint density at radius 1 is 1.33 bits per heavy atom. The molecule has 1 saturated carbocycles. The number of alkyl halides is 3. The van der Waals surface area contributed by atoms with Crippen molar-refractivity contribution in [2.24, 2.45) is 11.7 Å². The molecule has 0 atom stereocenters. The van der Waals surface area contributed by atoms with Crippen LogP contribution in [-0.2, 0) is 16.2 Å². The van der Waals surface area contributed by atoms with Gasteiger partial charge in [0.1, 0.15) is 0 Å². The van der Waals surface area contributed by atoms with E-state index in [-0.39, 0.29) is 29.0 Å². The summed E-state index contributed by atoms with van der Waals surface area (Å²) < 4.78 is 65.1. The first-order valence-electron chi connectivity index (χ1n) is 6.53. The van der Waals surface area contributed by atoms with E-state index in [1.807, 2.05) is 0 Å². The van der Waals surface area contributed by atoms with Gasteiger partial charge in [-0.3, -0.25) is 0 Å². The van der Waals surface area contributed by atoms with Crippen LogP contribution in [0.2, 0.25) is 0 Å². The van der Waals surface area contributed by atoms with Gasteiger partial charge >= 0.3 is 6.18 Å². The van der Waals surface area contributed by atoms with Crippen LogP contribution in [0.5, 0.6) is 0 Å². The number of sulfonamides is 1. The summed E-state index contributed by atoms with van der Waals surface area (Å²) in [5.41, 5.74) is 4.39. The zero-order valence-electron chi connectivity index (χ0n) is 11.4. The molecule has 2 rings (SSSR count). The van der Waals surface area contributed by atoms with Gasteiger partial charge < -0.3 is 5.73 Å². The topological polar surface area (TPSA) is 72.2 Å². The first-order valence-corrected chi connectivity index (χ1v) is 8.01. The zero-order valence-corrected chi connectivity index (χ0v) is 12.3. The fourth-order valence-corrected chi connectivity index (χ4v) is 3.85. The molecule has 1 aromatic rings. The minimum absolute atomic E-state index is 0.0924. The summed E-state index contributed by atoms with van der Waals surface area (Å²) in [4.78, 5) is -0.332. The summed E-state index contributed by atoms with van der Waals surface area (Å²) >= 11 is 0. The third kappa shape index (κ3) is 3.56. The first-order chi connectivity index (χ1) is 9.61. The van der Waals surface area contributed by atoms with Crippen LogP contribution in [-0.4, -0.2) is 21.0 Å². The molecule has 1 aliphatic carbocycles. The summed E-state index contributed by atoms with van der Waals surface area (Å²) in [6, 6.07) is 3.25. The second kappa shape index (κ2) is 5.58. The lowest BCUT2D eigenvalue weighted by Crippen LogP contribution is -2.42. The molecule has 4 nitrogen and oxygen atoms in total. The highest BCUT2D eigenvalue weighted by molar-refractivity contribution is 7.89. The summed E-state index contributed by atoms with van der Waals surface area (Å²) in [5, 5.41) is 0. The molecule has 0 saturated heterocycles. The van der Waals surface area contributed by atoms with Gasteiger partial charge in [0.05, 0.1) is 10.5 Å². The van der Waals surface area contributed by atoms with Gasteiger partial charge in [-0.1, -0.05) is 6.07 Å². The number of hydrogen-bond acceptors (Lipinski definition) is 3. The minimum atomic E-state index is -4.57. The molecule has 0 spiro atoms. The molecular formula is C13H17F3N2O2S. The molecule has 1 fully saturated rings. The van der Waals surface area contributed by atoms with Crippen molar-refractivity contribution in [1.29, 1.82) is 0 Å². The Kier molecular flexibility index (Phi) is 4.32. The predicted octanol–water partition coefficient (Wildman–Crippen LogP) is 2.03. The van der Waals surface area contributed by atoms with Crippen molar-refractivity contribution in [3.8, 4) is 0 Å². The molecule has 0 amide bonds. The standard InChI is InChI=1S/C13H17F3N2O2S/c1-8-11(13(14,15)16)3-2-4-12(8)21(19,20)18-7-9-5-10(17)6-9/h2-4,9-10,18H,5-7,17H2,1H3. The Hall–Kier alpha value is -1.12. The Morgan fingerprint density at radius 3 is 2.48 bits per heavy atom. The normalized spacial score (nSPS) is 22.9. The SMILES string of the molecule is Cc1c(C(F)(F)F)cccc1S(=O)(=O)NCC1CC(N)C1. The van der Waals surface area contributed by atoms with Crippen LogP contribution in [0.4, 0.5) is 13.2 Å². The van der Waals surface area contributed by atoms with Gasteiger partial charge in [-0.05, 0) is 43.4 Å². The van der Waals surface area contributed by atoms with Crippen LogP contribution in [0.3, 0.4) is 0 Å². The average molecular weight is 322 g/mol. The summed E-state index contributed by atoms with van der Waals surface area (Å²) in [5.74, 6) is 0.154. The van der Waals surface area contributed by atoms with Gasteiger partial charge in [-0.2, -0.15) is 13.2 Å². The molecule has 0 heterocycles. The number of benzene rings is 1. The molecule has 8 heteroatoms. The van der Waals surface area contributed by atoms with Crippen LogP contribution >= 0.6 is 0 Å². The van der Waals surface area contributed by atoms with Gasteiger partial charge in [0.25, 0.3) is 0 Å². The molecule has 21 heavy (non-hydrogen) atoms. The zero-order chi connectivity index (χ0) is 15.8. The maximum absolute atomic E-state index is 12.8. The lowest BCUT2D eigenvalue weighted by molar-refractivity contribution is -0.138. The van der Waals surface area contributed by atoms with Crippen molar-refractivity contribution in [1.82, 2.24) is 4.72 Å². The second-order valence-electron chi connectivity index (χ2n) is 5.38. The number of nitrogens with two attached hydrogens (primary N) is 1. The Morgan fingerprint density at radius 2 is 1.95 bits per heavy atom. The van der Waals surface area contributed by atoms with Crippen molar-refractivity contribution in [3.63, 3.8) is 0 Å². The Labute approximate surface area is 121 Å². The quantitative estimate of drug-likeness (QED) is 0.891. The first kappa shape index (κ1) is 16.3. The third-order valence-corrected chi connectivity index (χ3v) is 5.28. The Bertz CT molecular complexity index is 623. The van der Waals surface area contributed by atoms with Crippen LogP contribution in [0.1, 0.15) is 24.0 Å². The van der Waals surface area contributed by atoms with E-state index in [1.165, 1.54) is 6.07 Å². The molecule has 1 aliphatic rings. The van der Waals surface area contributed by atoms with E-state index in [0.717, 1.165) is 31.9 Å². The molecule has 0 bridgehead atoms. The minimum Gasteiger partial charge on any atom is -0.328 e. The maximum atomic E-state index is 12.8. The van der Waals surface area contributed by atoms with Gasteiger partial charge in [-0.25, -0.2) is 13.1 Å². The molecular weight excluding hydrogens is 305 g/mol. The van der Waals surface area contributed by atoms with E-state index < -0.39 is 21.8 Å². The largest absolute Gasteiger partial charge is 0.416 e. The summed E-state index contributed by atoms with van der Waals surface area (Å²) in [6.07, 6.45) is -3.12. The van der Waals surface area contributed by atoms with Crippen molar-refractivity contribution < 1.29 is 21.6 Å². The molecule has 0 aliphatic heterocycles. The predicted molar refractivity (Wildman–Crippen MR) is 72.1 cm³/mol. The van der Waals surface area contributed by atoms with Gasteiger partial charge in [0, 0.05) is 12.6 Å². The van der Waals surface area contributed by atoms with Crippen molar-refractivity contribution in [2.75, 3.05) is 6.54 Å². The Balaban J connectivity index is 2.20. The summed E-state index contributed by atoms with van der Waals surface area (Å²) in [6.45, 7) is 1.36. The van der Waals surface area contributed by atoms with E-state index in [4.69, 9.17) is 5.73 Å². The van der Waals surface area contributed by atoms with E-state index in [9.17, 15) is 21.6 Å². The number of nitrogens with one attached hydrogen (secondary N) is 1. The van der Waals surface area contributed by atoms with Crippen molar-refractivity contribution in [2.45, 2.75) is 36.9 Å². The van der Waals surface area contributed by atoms with E-state index in [0.29, 0.717) is 0 Å². The lowest BCUT2D eigenvalue weighted by atomic mass is 9.81. The average Bonchev–Trinajstić information content (AvgIpc) is 2.31. The van der Waals surface area contributed by atoms with Gasteiger partial charge in [-0.15, -0.1) is 0 Å². The highest BCUT2D eigenvalue weighted by Crippen LogP contribution is 2.34. The fraction of sp³-hybridized carbons (Fsp3) is 0.538. The van der Waals surface area contributed by atoms with Crippen LogP contribution < -0.4 is 10.5 Å². The molecule has 3 N–H and O–H groups in total. The molecule has 0 aromatic heterocycles. The third-order valence-electron chi connectivity index (χ3n) is 3.71. The van der Waals surface area contributed by atoms with E-state index >= 15 is 0 Å². The van der Waals surface area contributed by atoms with Gasteiger partial charge in [0.2, 0.25) is 10.0 Å². The summed E-state index contributed by atoms with van der Waals surface area (Å²) in [7, 11) is -3.95. The molecule has 1 aromatic carbocycles. The van der Waals surface area contributed by atoms with Crippen molar-refractivity contribution in [3.05, 3.63) is 29.3 Å². The second-order valence-corrected chi connectivity index (χ2v) is 7.11. The fourth-order valence-electron chi connectivity index (χ4n) is 2.47. The van der Waals surface area contributed by atoms with E-state index in [2.05, 4.69) is 4.72 Å². The van der Waals surface area contributed by atoms with E-state index in [1.54, 1.807) is 0 Å². The monoisotopic (exact) mass is 322 g/mol. The number of rotatable bonds is 4. The van der Waals surface area contributed by atoms with Crippen LogP contribution in [0.15, 0.2) is 23.1 Å². The maximum Gasteiger partial charge on any atom is 0.416 e. The lowest BCUT2D eigenvalue weighted by Gasteiger charge is -2.32.